The Bertz CT molecular complexity index is 1620. The summed E-state index contributed by atoms with van der Waals surface area (Å²) in [4.78, 5) is 19.2. The molecule has 11 heteroatoms. The minimum atomic E-state index is -4.62. The molecule has 0 spiro atoms. The van der Waals surface area contributed by atoms with Gasteiger partial charge in [0, 0.05) is 19.1 Å². The summed E-state index contributed by atoms with van der Waals surface area (Å²) in [7, 11) is -2.09. The fourth-order valence-electron chi connectivity index (χ4n) is 4.82. The lowest BCUT2D eigenvalue weighted by atomic mass is 9.99. The molecule has 2 N–H and O–H groups in total. The van der Waals surface area contributed by atoms with E-state index in [-0.39, 0.29) is 34.3 Å². The van der Waals surface area contributed by atoms with Crippen molar-refractivity contribution in [3.63, 3.8) is 0 Å². The average Bonchev–Trinajstić information content (AvgIpc) is 3.03. The molecular formula is C31H35F3N4O3S. The molecule has 0 radical (unpaired) electrons. The molecule has 0 saturated carbocycles. The van der Waals surface area contributed by atoms with Crippen molar-refractivity contribution in [2.24, 2.45) is 10.9 Å². The molecule has 42 heavy (non-hydrogen) atoms. The molecule has 3 aromatic carbocycles. The SMILES string of the molecule is CC(C)CN(C)c1cc2c(cc1C(F)(F)F)NC(=O)CC(c1cccc(-c3ccc(S(=O)(=O)NC(C)(C)C)cc3)c1)=N2. The van der Waals surface area contributed by atoms with Crippen LogP contribution in [-0.2, 0) is 21.0 Å². The minimum absolute atomic E-state index is 0.000779. The topological polar surface area (TPSA) is 90.9 Å². The van der Waals surface area contributed by atoms with Crippen LogP contribution in [0, 0.1) is 5.92 Å². The molecule has 0 fully saturated rings. The number of hydrogen-bond acceptors (Lipinski definition) is 5. The van der Waals surface area contributed by atoms with E-state index in [9.17, 15) is 26.4 Å². The molecular weight excluding hydrogens is 565 g/mol. The summed E-state index contributed by atoms with van der Waals surface area (Å²) in [6, 6.07) is 16.0. The molecule has 0 bridgehead atoms. The molecule has 0 atom stereocenters. The minimum Gasteiger partial charge on any atom is -0.374 e. The summed E-state index contributed by atoms with van der Waals surface area (Å²) in [5.74, 6) is -0.351. The zero-order chi connectivity index (χ0) is 31.0. The molecule has 1 amide bonds. The maximum atomic E-state index is 14.0. The molecule has 1 aliphatic heterocycles. The second kappa shape index (κ2) is 11.5. The standard InChI is InChI=1S/C31H35F3N4O3S/c1-19(2)18-38(6)28-16-27-26(15-24(28)31(32,33)34)36-29(39)17-25(35-27)22-9-7-8-21(14-22)20-10-12-23(13-11-20)42(40,41)37-30(3,4)5/h7-16,19,37H,17-18H2,1-6H3,(H,36,39). The van der Waals surface area contributed by atoms with Crippen LogP contribution in [0.5, 0.6) is 0 Å². The van der Waals surface area contributed by atoms with Gasteiger partial charge in [0.15, 0.2) is 0 Å². The Morgan fingerprint density at radius 1 is 0.976 bits per heavy atom. The van der Waals surface area contributed by atoms with Gasteiger partial charge in [0.1, 0.15) is 0 Å². The zero-order valence-corrected chi connectivity index (χ0v) is 25.2. The quantitative estimate of drug-likeness (QED) is 0.305. The summed E-state index contributed by atoms with van der Waals surface area (Å²) in [5, 5.41) is 2.59. The third kappa shape index (κ3) is 7.38. The van der Waals surface area contributed by atoms with Crippen LogP contribution >= 0.6 is 0 Å². The lowest BCUT2D eigenvalue weighted by molar-refractivity contribution is -0.137. The van der Waals surface area contributed by atoms with Crippen LogP contribution in [0.3, 0.4) is 0 Å². The lowest BCUT2D eigenvalue weighted by Gasteiger charge is -2.26. The molecule has 1 heterocycles. The van der Waals surface area contributed by atoms with Crippen LogP contribution in [0.1, 0.15) is 52.2 Å². The van der Waals surface area contributed by atoms with E-state index >= 15 is 0 Å². The van der Waals surface area contributed by atoms with Crippen LogP contribution in [0.2, 0.25) is 0 Å². The lowest BCUT2D eigenvalue weighted by Crippen LogP contribution is -2.40. The van der Waals surface area contributed by atoms with E-state index in [1.165, 1.54) is 18.2 Å². The Balaban J connectivity index is 1.73. The third-order valence-electron chi connectivity index (χ3n) is 6.46. The maximum absolute atomic E-state index is 14.0. The number of carbonyl (C=O) groups excluding carboxylic acids is 1. The molecule has 1 aliphatic rings. The van der Waals surface area contributed by atoms with Crippen LogP contribution < -0.4 is 14.9 Å². The van der Waals surface area contributed by atoms with Gasteiger partial charge in [-0.05, 0) is 73.7 Å². The number of amides is 1. The van der Waals surface area contributed by atoms with Crippen LogP contribution in [0.4, 0.5) is 30.2 Å². The highest BCUT2D eigenvalue weighted by molar-refractivity contribution is 7.89. The molecule has 4 rings (SSSR count). The van der Waals surface area contributed by atoms with Crippen molar-refractivity contribution in [3.8, 4) is 11.1 Å². The van der Waals surface area contributed by atoms with Crippen LogP contribution in [-0.4, -0.2) is 39.2 Å². The van der Waals surface area contributed by atoms with Crippen molar-refractivity contribution in [3.05, 3.63) is 71.8 Å². The Kier molecular flexibility index (Phi) is 8.57. The van der Waals surface area contributed by atoms with E-state index in [4.69, 9.17) is 0 Å². The Morgan fingerprint density at radius 3 is 2.21 bits per heavy atom. The number of sulfonamides is 1. The van der Waals surface area contributed by atoms with Gasteiger partial charge in [-0.2, -0.15) is 13.2 Å². The number of nitrogens with one attached hydrogen (secondary N) is 2. The molecule has 0 unspecified atom stereocenters. The number of rotatable bonds is 7. The fourth-order valence-corrected chi connectivity index (χ4v) is 6.24. The molecule has 0 saturated heterocycles. The monoisotopic (exact) mass is 600 g/mol. The van der Waals surface area contributed by atoms with Gasteiger partial charge in [-0.25, -0.2) is 13.1 Å². The van der Waals surface area contributed by atoms with Gasteiger partial charge in [0.2, 0.25) is 15.9 Å². The summed E-state index contributed by atoms with van der Waals surface area (Å²) < 4.78 is 70.0. The van der Waals surface area contributed by atoms with Gasteiger partial charge in [-0.3, -0.25) is 9.79 Å². The number of anilines is 2. The number of alkyl halides is 3. The zero-order valence-electron chi connectivity index (χ0n) is 24.4. The molecule has 3 aromatic rings. The highest BCUT2D eigenvalue weighted by Crippen LogP contribution is 2.43. The van der Waals surface area contributed by atoms with Gasteiger partial charge in [0.05, 0.1) is 39.7 Å². The van der Waals surface area contributed by atoms with Crippen molar-refractivity contribution < 1.29 is 26.4 Å². The highest BCUT2D eigenvalue weighted by atomic mass is 32.2. The number of hydrogen-bond donors (Lipinski definition) is 2. The number of benzene rings is 3. The fraction of sp³-hybridized carbons (Fsp3) is 0.355. The van der Waals surface area contributed by atoms with Crippen molar-refractivity contribution >= 4 is 38.7 Å². The summed E-state index contributed by atoms with van der Waals surface area (Å²) in [6.45, 7) is 9.54. The van der Waals surface area contributed by atoms with Gasteiger partial charge in [0.25, 0.3) is 0 Å². The Labute approximate surface area is 244 Å². The molecule has 0 aromatic heterocycles. The van der Waals surface area contributed by atoms with Crippen molar-refractivity contribution in [2.75, 3.05) is 23.8 Å². The van der Waals surface area contributed by atoms with E-state index < -0.39 is 33.2 Å². The van der Waals surface area contributed by atoms with Crippen molar-refractivity contribution in [1.82, 2.24) is 4.72 Å². The first-order valence-electron chi connectivity index (χ1n) is 13.5. The van der Waals surface area contributed by atoms with E-state index in [1.807, 2.05) is 26.0 Å². The maximum Gasteiger partial charge on any atom is 0.418 e. The first-order chi connectivity index (χ1) is 19.4. The normalized spacial score (nSPS) is 14.2. The largest absolute Gasteiger partial charge is 0.418 e. The summed E-state index contributed by atoms with van der Waals surface area (Å²) in [5.41, 5.74) is 1.29. The molecule has 224 valence electrons. The number of aliphatic imine (C=N–C) groups is 1. The van der Waals surface area contributed by atoms with E-state index in [0.717, 1.165) is 17.2 Å². The second-order valence-electron chi connectivity index (χ2n) is 11.9. The highest BCUT2D eigenvalue weighted by Gasteiger charge is 2.36. The van der Waals surface area contributed by atoms with Crippen LogP contribution in [0.15, 0.2) is 70.6 Å². The smallest absolute Gasteiger partial charge is 0.374 e. The van der Waals surface area contributed by atoms with Crippen LogP contribution in [0.25, 0.3) is 11.1 Å². The molecule has 7 nitrogen and oxygen atoms in total. The van der Waals surface area contributed by atoms with Gasteiger partial charge in [-0.1, -0.05) is 44.2 Å². The second-order valence-corrected chi connectivity index (χ2v) is 13.6. The number of halogens is 3. The Morgan fingerprint density at radius 2 is 1.62 bits per heavy atom. The Hall–Kier alpha value is -3.70. The van der Waals surface area contributed by atoms with Gasteiger partial charge >= 0.3 is 6.18 Å². The van der Waals surface area contributed by atoms with Gasteiger partial charge in [-0.15, -0.1) is 0 Å². The first kappa shape index (κ1) is 31.2. The first-order valence-corrected chi connectivity index (χ1v) is 15.0. The summed E-state index contributed by atoms with van der Waals surface area (Å²) >= 11 is 0. The number of fused-ring (bicyclic) bond motifs is 1. The van der Waals surface area contributed by atoms with Crippen molar-refractivity contribution in [2.45, 2.75) is 57.7 Å². The van der Waals surface area contributed by atoms with E-state index in [2.05, 4.69) is 15.0 Å². The summed E-state index contributed by atoms with van der Waals surface area (Å²) in [6.07, 6.45) is -4.75. The van der Waals surface area contributed by atoms with Crippen molar-refractivity contribution in [1.29, 1.82) is 0 Å². The third-order valence-corrected chi connectivity index (χ3v) is 8.24. The number of carbonyl (C=O) groups is 1. The predicted molar refractivity (Wildman–Crippen MR) is 161 cm³/mol. The molecule has 0 aliphatic carbocycles. The van der Waals surface area contributed by atoms with E-state index in [1.54, 1.807) is 57.0 Å². The van der Waals surface area contributed by atoms with E-state index in [0.29, 0.717) is 17.8 Å². The predicted octanol–water partition coefficient (Wildman–Crippen LogP) is 7.00. The number of nitrogens with zero attached hydrogens (tertiary/aromatic N) is 2. The van der Waals surface area contributed by atoms with Gasteiger partial charge < -0.3 is 10.2 Å². The average molecular weight is 601 g/mol.